The molecule has 0 radical (unpaired) electrons. The Morgan fingerprint density at radius 2 is 2.07 bits per heavy atom. The van der Waals surface area contributed by atoms with E-state index < -0.39 is 0 Å². The first-order valence-corrected chi connectivity index (χ1v) is 6.02. The van der Waals surface area contributed by atoms with Crippen molar-refractivity contribution in [3.8, 4) is 0 Å². The maximum Gasteiger partial charge on any atom is 0.472 e. The van der Waals surface area contributed by atoms with Crippen molar-refractivity contribution in [2.75, 3.05) is 6.44 Å². The SMILES string of the molecule is CC1(C)[C@@H]2C[C@H]3OB(CN)O[C@@]3(C)[C@H]1C2. The molecule has 15 heavy (non-hydrogen) atoms. The average Bonchev–Trinajstić information content (AvgIpc) is 2.53. The van der Waals surface area contributed by atoms with Crippen LogP contribution in [0.4, 0.5) is 0 Å². The fourth-order valence-electron chi connectivity index (χ4n) is 4.05. The molecule has 0 aromatic carbocycles. The Morgan fingerprint density at radius 3 is 2.67 bits per heavy atom. The number of nitrogens with two attached hydrogens (primary N) is 1. The maximum absolute atomic E-state index is 6.04. The highest BCUT2D eigenvalue weighted by Crippen LogP contribution is 2.65. The Balaban J connectivity index is 1.89. The molecule has 2 N–H and O–H groups in total. The van der Waals surface area contributed by atoms with Crippen LogP contribution in [0.1, 0.15) is 33.6 Å². The molecule has 0 amide bonds. The van der Waals surface area contributed by atoms with Gasteiger partial charge in [0, 0.05) is 6.44 Å². The van der Waals surface area contributed by atoms with Gasteiger partial charge in [0.1, 0.15) is 0 Å². The van der Waals surface area contributed by atoms with E-state index in [1.54, 1.807) is 0 Å². The minimum Gasteiger partial charge on any atom is -0.405 e. The van der Waals surface area contributed by atoms with Crippen LogP contribution in [-0.2, 0) is 9.31 Å². The van der Waals surface area contributed by atoms with E-state index >= 15 is 0 Å². The van der Waals surface area contributed by atoms with Gasteiger partial charge in [-0.25, -0.2) is 0 Å². The van der Waals surface area contributed by atoms with Crippen molar-refractivity contribution in [3.05, 3.63) is 0 Å². The van der Waals surface area contributed by atoms with Gasteiger partial charge in [-0.15, -0.1) is 0 Å². The first kappa shape index (κ1) is 10.1. The summed E-state index contributed by atoms with van der Waals surface area (Å²) in [4.78, 5) is 0. The minimum atomic E-state index is -0.171. The molecular formula is C11H20BNO2. The second-order valence-electron chi connectivity index (χ2n) is 6.13. The zero-order chi connectivity index (χ0) is 10.8. The zero-order valence-electron chi connectivity index (χ0n) is 9.82. The Bertz CT molecular complexity index is 296. The number of rotatable bonds is 1. The summed E-state index contributed by atoms with van der Waals surface area (Å²) in [6.07, 6.45) is 3.21. The van der Waals surface area contributed by atoms with Crippen LogP contribution >= 0.6 is 0 Å². The fraction of sp³-hybridized carbons (Fsp3) is 1.00. The first-order chi connectivity index (χ1) is 6.98. The van der Waals surface area contributed by atoms with Crippen LogP contribution < -0.4 is 5.73 Å². The van der Waals surface area contributed by atoms with Gasteiger partial charge in [-0.2, -0.15) is 0 Å². The lowest BCUT2D eigenvalue weighted by atomic mass is 9.43. The molecule has 4 fully saturated rings. The molecule has 2 bridgehead atoms. The van der Waals surface area contributed by atoms with Crippen LogP contribution in [-0.4, -0.2) is 25.3 Å². The van der Waals surface area contributed by atoms with E-state index in [0.717, 1.165) is 12.3 Å². The van der Waals surface area contributed by atoms with Crippen molar-refractivity contribution in [1.82, 2.24) is 0 Å². The van der Waals surface area contributed by atoms with E-state index in [4.69, 9.17) is 15.0 Å². The van der Waals surface area contributed by atoms with Crippen LogP contribution in [0.5, 0.6) is 0 Å². The lowest BCUT2D eigenvalue weighted by Crippen LogP contribution is -2.65. The van der Waals surface area contributed by atoms with Crippen molar-refractivity contribution < 1.29 is 9.31 Å². The van der Waals surface area contributed by atoms with Gasteiger partial charge in [-0.3, -0.25) is 0 Å². The van der Waals surface area contributed by atoms with E-state index in [1.165, 1.54) is 6.42 Å². The van der Waals surface area contributed by atoms with Gasteiger partial charge in [0.15, 0.2) is 0 Å². The molecule has 4 aliphatic rings. The predicted molar refractivity (Wildman–Crippen MR) is 59.2 cm³/mol. The van der Waals surface area contributed by atoms with Gasteiger partial charge < -0.3 is 15.0 Å². The number of hydrogen-bond acceptors (Lipinski definition) is 3. The lowest BCUT2D eigenvalue weighted by Gasteiger charge is -2.64. The van der Waals surface area contributed by atoms with Gasteiger partial charge in [0.05, 0.1) is 11.7 Å². The summed E-state index contributed by atoms with van der Waals surface area (Å²) < 4.78 is 11.9. The molecule has 0 unspecified atom stereocenters. The monoisotopic (exact) mass is 209 g/mol. The molecule has 3 saturated carbocycles. The Labute approximate surface area is 91.8 Å². The summed E-state index contributed by atoms with van der Waals surface area (Å²) in [7, 11) is -0.171. The maximum atomic E-state index is 6.04. The van der Waals surface area contributed by atoms with E-state index in [9.17, 15) is 0 Å². The fourth-order valence-corrected chi connectivity index (χ4v) is 4.05. The zero-order valence-corrected chi connectivity index (χ0v) is 9.82. The van der Waals surface area contributed by atoms with Gasteiger partial charge in [0.2, 0.25) is 0 Å². The topological polar surface area (TPSA) is 44.5 Å². The molecule has 1 heterocycles. The highest BCUT2D eigenvalue weighted by Gasteiger charge is 2.67. The van der Waals surface area contributed by atoms with Crippen molar-refractivity contribution in [1.29, 1.82) is 0 Å². The Kier molecular flexibility index (Phi) is 1.88. The first-order valence-electron chi connectivity index (χ1n) is 6.02. The van der Waals surface area contributed by atoms with Gasteiger partial charge in [-0.05, 0) is 37.0 Å². The molecule has 84 valence electrons. The smallest absolute Gasteiger partial charge is 0.405 e. The summed E-state index contributed by atoms with van der Waals surface area (Å²) in [5.74, 6) is 1.46. The van der Waals surface area contributed by atoms with Gasteiger partial charge in [0.25, 0.3) is 0 Å². The van der Waals surface area contributed by atoms with Crippen molar-refractivity contribution in [2.45, 2.75) is 45.3 Å². The molecule has 3 nitrogen and oxygen atoms in total. The molecular weight excluding hydrogens is 189 g/mol. The molecule has 3 aliphatic carbocycles. The molecule has 0 aromatic rings. The molecule has 1 aliphatic heterocycles. The van der Waals surface area contributed by atoms with Crippen LogP contribution in [0.3, 0.4) is 0 Å². The second-order valence-corrected chi connectivity index (χ2v) is 6.13. The highest BCUT2D eigenvalue weighted by molar-refractivity contribution is 6.45. The van der Waals surface area contributed by atoms with Crippen LogP contribution in [0, 0.1) is 17.3 Å². The quantitative estimate of drug-likeness (QED) is 0.660. The minimum absolute atomic E-state index is 0.0811. The highest BCUT2D eigenvalue weighted by atomic mass is 16.7. The summed E-state index contributed by atoms with van der Waals surface area (Å²) in [5.41, 5.74) is 5.97. The Hall–Kier alpha value is -0.0551. The van der Waals surface area contributed by atoms with Crippen LogP contribution in [0.25, 0.3) is 0 Å². The largest absolute Gasteiger partial charge is 0.472 e. The van der Waals surface area contributed by atoms with Crippen molar-refractivity contribution >= 4 is 7.12 Å². The third kappa shape index (κ3) is 1.08. The Morgan fingerprint density at radius 1 is 1.33 bits per heavy atom. The normalized spacial score (nSPS) is 51.2. The van der Waals surface area contributed by atoms with E-state index in [-0.39, 0.29) is 18.8 Å². The standard InChI is InChI=1S/C11H20BNO2/c1-10(2)7-4-8(10)11(3)9(5-7)14-12(6-13)15-11/h7-9H,4-6,13H2,1-3H3/t7-,8-,9+,11-/m0/s1. The van der Waals surface area contributed by atoms with Gasteiger partial charge in [-0.1, -0.05) is 13.8 Å². The average molecular weight is 209 g/mol. The van der Waals surface area contributed by atoms with Crippen molar-refractivity contribution in [2.24, 2.45) is 23.0 Å². The summed E-state index contributed by atoms with van der Waals surface area (Å²) in [6, 6.07) is 0. The second kappa shape index (κ2) is 2.79. The third-order valence-corrected chi connectivity index (χ3v) is 5.19. The molecule has 4 atom stereocenters. The molecule has 4 rings (SSSR count). The van der Waals surface area contributed by atoms with Gasteiger partial charge >= 0.3 is 7.12 Å². The van der Waals surface area contributed by atoms with E-state index in [2.05, 4.69) is 20.8 Å². The molecule has 1 saturated heterocycles. The lowest BCUT2D eigenvalue weighted by molar-refractivity contribution is -0.199. The predicted octanol–water partition coefficient (Wildman–Crippen LogP) is 1.21. The molecule has 0 spiro atoms. The molecule has 0 aromatic heterocycles. The number of hydrogen-bond donors (Lipinski definition) is 1. The third-order valence-electron chi connectivity index (χ3n) is 5.19. The van der Waals surface area contributed by atoms with E-state index in [1.807, 2.05) is 0 Å². The summed E-state index contributed by atoms with van der Waals surface area (Å²) >= 11 is 0. The van der Waals surface area contributed by atoms with E-state index in [0.29, 0.717) is 17.8 Å². The van der Waals surface area contributed by atoms with Crippen LogP contribution in [0.2, 0.25) is 0 Å². The van der Waals surface area contributed by atoms with Crippen LogP contribution in [0.15, 0.2) is 0 Å². The summed E-state index contributed by atoms with van der Waals surface area (Å²) in [5, 5.41) is 0. The summed E-state index contributed by atoms with van der Waals surface area (Å²) in [6.45, 7) is 6.95. The van der Waals surface area contributed by atoms with Crippen molar-refractivity contribution in [3.63, 3.8) is 0 Å². The molecule has 4 heteroatoms.